The fraction of sp³-hybridized carbons (Fsp3) is 0.222. The Morgan fingerprint density at radius 1 is 1.03 bits per heavy atom. The lowest BCUT2D eigenvalue weighted by molar-refractivity contribution is -0.146. The predicted octanol–water partition coefficient (Wildman–Crippen LogP) is 6.62. The SMILES string of the molecule is COC(=O)[C@@H]1CCC[C@H]1C(=O)c1ccccc1-c1ccc(Nc2nc3cc(F)ccc3s2)cc1. The maximum Gasteiger partial charge on any atom is 0.309 e. The van der Waals surface area contributed by atoms with Crippen LogP contribution in [0.3, 0.4) is 0 Å². The molecule has 0 bridgehead atoms. The molecule has 0 radical (unpaired) electrons. The molecular formula is C27H23FN2O3S. The number of ether oxygens (including phenoxy) is 1. The van der Waals surface area contributed by atoms with E-state index in [1.54, 1.807) is 6.07 Å². The number of benzene rings is 3. The predicted molar refractivity (Wildman–Crippen MR) is 132 cm³/mol. The number of hydrogen-bond donors (Lipinski definition) is 1. The summed E-state index contributed by atoms with van der Waals surface area (Å²) in [5, 5.41) is 3.94. The van der Waals surface area contributed by atoms with E-state index < -0.39 is 0 Å². The standard InChI is InChI=1S/C27H23FN2O3S/c1-33-26(32)22-8-4-7-21(22)25(31)20-6-3-2-5-19(20)16-9-12-18(13-10-16)29-27-30-23-15-17(28)11-14-24(23)34-27/h2-3,5-6,9-15,21-22H,4,7-8H2,1H3,(H,29,30)/t21-,22-/m1/s1. The van der Waals surface area contributed by atoms with Crippen molar-refractivity contribution in [2.45, 2.75) is 19.3 Å². The molecule has 1 heterocycles. The fourth-order valence-electron chi connectivity index (χ4n) is 4.67. The molecule has 1 aliphatic carbocycles. The van der Waals surface area contributed by atoms with Gasteiger partial charge in [-0.25, -0.2) is 9.37 Å². The van der Waals surface area contributed by atoms with Crippen molar-refractivity contribution in [3.05, 3.63) is 78.1 Å². The number of thiazole rings is 1. The van der Waals surface area contributed by atoms with E-state index in [-0.39, 0.29) is 29.4 Å². The van der Waals surface area contributed by atoms with Crippen LogP contribution in [0.4, 0.5) is 15.2 Å². The zero-order valence-electron chi connectivity index (χ0n) is 18.6. The Hall–Kier alpha value is -3.58. The number of aromatic nitrogens is 1. The number of carbonyl (C=O) groups excluding carboxylic acids is 2. The second-order valence-corrected chi connectivity index (χ2v) is 9.44. The van der Waals surface area contributed by atoms with E-state index in [4.69, 9.17) is 4.74 Å². The zero-order valence-corrected chi connectivity index (χ0v) is 19.4. The van der Waals surface area contributed by atoms with Crippen molar-refractivity contribution < 1.29 is 18.7 Å². The number of ketones is 1. The van der Waals surface area contributed by atoms with Crippen molar-refractivity contribution in [1.29, 1.82) is 0 Å². The summed E-state index contributed by atoms with van der Waals surface area (Å²) in [5.41, 5.74) is 3.83. The minimum Gasteiger partial charge on any atom is -0.469 e. The highest BCUT2D eigenvalue weighted by Crippen LogP contribution is 2.37. The van der Waals surface area contributed by atoms with Crippen LogP contribution < -0.4 is 5.32 Å². The summed E-state index contributed by atoms with van der Waals surface area (Å²) >= 11 is 1.45. The van der Waals surface area contributed by atoms with E-state index in [0.717, 1.165) is 27.9 Å². The van der Waals surface area contributed by atoms with E-state index in [1.165, 1.54) is 30.6 Å². The molecule has 0 aliphatic heterocycles. The van der Waals surface area contributed by atoms with Crippen LogP contribution in [-0.2, 0) is 9.53 Å². The number of methoxy groups -OCH3 is 1. The van der Waals surface area contributed by atoms with Gasteiger partial charge in [0.05, 0.1) is 23.2 Å². The van der Waals surface area contributed by atoms with Gasteiger partial charge in [0.1, 0.15) is 5.82 Å². The lowest BCUT2D eigenvalue weighted by atomic mass is 9.85. The van der Waals surface area contributed by atoms with Crippen LogP contribution in [0.15, 0.2) is 66.7 Å². The van der Waals surface area contributed by atoms with Crippen LogP contribution in [0, 0.1) is 17.7 Å². The highest BCUT2D eigenvalue weighted by atomic mass is 32.1. The molecule has 34 heavy (non-hydrogen) atoms. The summed E-state index contributed by atoms with van der Waals surface area (Å²) in [4.78, 5) is 30.1. The number of anilines is 2. The van der Waals surface area contributed by atoms with E-state index in [0.29, 0.717) is 29.1 Å². The number of Topliss-reactive ketones (excluding diaryl/α,β-unsaturated/α-hetero) is 1. The fourth-order valence-corrected chi connectivity index (χ4v) is 5.53. The van der Waals surface area contributed by atoms with Gasteiger partial charge in [-0.3, -0.25) is 9.59 Å². The third-order valence-electron chi connectivity index (χ3n) is 6.35. The lowest BCUT2D eigenvalue weighted by Crippen LogP contribution is -2.27. The van der Waals surface area contributed by atoms with Gasteiger partial charge in [-0.2, -0.15) is 0 Å². The second kappa shape index (κ2) is 9.35. The molecular weight excluding hydrogens is 451 g/mol. The molecule has 4 aromatic rings. The highest BCUT2D eigenvalue weighted by Gasteiger charge is 2.39. The zero-order chi connectivity index (χ0) is 23.7. The Bertz CT molecular complexity index is 1370. The lowest BCUT2D eigenvalue weighted by Gasteiger charge is -2.18. The van der Waals surface area contributed by atoms with Gasteiger partial charge >= 0.3 is 5.97 Å². The van der Waals surface area contributed by atoms with Crippen molar-refractivity contribution in [3.8, 4) is 11.1 Å². The summed E-state index contributed by atoms with van der Waals surface area (Å²) in [7, 11) is 1.37. The molecule has 0 spiro atoms. The first-order chi connectivity index (χ1) is 16.5. The molecule has 1 saturated carbocycles. The number of nitrogens with one attached hydrogen (secondary N) is 1. The number of esters is 1. The summed E-state index contributed by atoms with van der Waals surface area (Å²) < 4.78 is 19.3. The van der Waals surface area contributed by atoms with E-state index in [9.17, 15) is 14.0 Å². The Morgan fingerprint density at radius 3 is 2.59 bits per heavy atom. The van der Waals surface area contributed by atoms with Gasteiger partial charge < -0.3 is 10.1 Å². The molecule has 1 aromatic heterocycles. The molecule has 1 aliphatic rings. The summed E-state index contributed by atoms with van der Waals surface area (Å²) in [6.07, 6.45) is 2.23. The summed E-state index contributed by atoms with van der Waals surface area (Å²) in [6.45, 7) is 0. The van der Waals surface area contributed by atoms with E-state index in [2.05, 4.69) is 10.3 Å². The Kier molecular flexibility index (Phi) is 6.11. The van der Waals surface area contributed by atoms with Gasteiger partial charge in [-0.1, -0.05) is 54.2 Å². The number of rotatable bonds is 6. The molecule has 0 saturated heterocycles. The van der Waals surface area contributed by atoms with Crippen molar-refractivity contribution in [1.82, 2.24) is 4.98 Å². The Labute approximate surface area is 200 Å². The molecule has 5 rings (SSSR count). The van der Waals surface area contributed by atoms with Gasteiger partial charge in [-0.15, -0.1) is 0 Å². The molecule has 1 fully saturated rings. The van der Waals surface area contributed by atoms with Crippen LogP contribution in [0.1, 0.15) is 29.6 Å². The van der Waals surface area contributed by atoms with Gasteiger partial charge in [0, 0.05) is 23.2 Å². The maximum atomic E-state index is 13.4. The summed E-state index contributed by atoms with van der Waals surface area (Å²) in [6, 6.07) is 19.8. The first-order valence-corrected chi connectivity index (χ1v) is 12.0. The molecule has 7 heteroatoms. The van der Waals surface area contributed by atoms with Crippen LogP contribution in [0.25, 0.3) is 21.3 Å². The third-order valence-corrected chi connectivity index (χ3v) is 7.30. The van der Waals surface area contributed by atoms with Crippen molar-refractivity contribution >= 4 is 44.1 Å². The number of halogens is 1. The Balaban J connectivity index is 1.38. The molecule has 172 valence electrons. The van der Waals surface area contributed by atoms with E-state index in [1.807, 2.05) is 48.5 Å². The number of fused-ring (bicyclic) bond motifs is 1. The van der Waals surface area contributed by atoms with Crippen LogP contribution >= 0.6 is 11.3 Å². The monoisotopic (exact) mass is 474 g/mol. The molecule has 2 atom stereocenters. The molecule has 5 nitrogen and oxygen atoms in total. The minimum atomic E-state index is -0.376. The average Bonchev–Trinajstić information content (AvgIpc) is 3.50. The first-order valence-electron chi connectivity index (χ1n) is 11.2. The molecule has 1 N–H and O–H groups in total. The number of carbonyl (C=O) groups is 2. The van der Waals surface area contributed by atoms with Crippen molar-refractivity contribution in [3.63, 3.8) is 0 Å². The highest BCUT2D eigenvalue weighted by molar-refractivity contribution is 7.22. The minimum absolute atomic E-state index is 0.00703. The smallest absolute Gasteiger partial charge is 0.309 e. The third kappa shape index (κ3) is 4.31. The normalized spacial score (nSPS) is 17.6. The van der Waals surface area contributed by atoms with Crippen molar-refractivity contribution in [2.75, 3.05) is 12.4 Å². The van der Waals surface area contributed by atoms with Crippen LogP contribution in [0.2, 0.25) is 0 Å². The van der Waals surface area contributed by atoms with Crippen LogP contribution in [0.5, 0.6) is 0 Å². The van der Waals surface area contributed by atoms with Gasteiger partial charge in [0.2, 0.25) is 0 Å². The van der Waals surface area contributed by atoms with Gasteiger partial charge in [-0.05, 0) is 48.2 Å². The Morgan fingerprint density at radius 2 is 1.79 bits per heavy atom. The number of nitrogens with zero attached hydrogens (tertiary/aromatic N) is 1. The second-order valence-electron chi connectivity index (χ2n) is 8.41. The topological polar surface area (TPSA) is 68.3 Å². The molecule has 0 unspecified atom stereocenters. The molecule has 0 amide bonds. The largest absolute Gasteiger partial charge is 0.469 e. The quantitative estimate of drug-likeness (QED) is 0.251. The van der Waals surface area contributed by atoms with Gasteiger partial charge in [0.25, 0.3) is 0 Å². The first kappa shape index (κ1) is 22.2. The molecule has 3 aromatic carbocycles. The van der Waals surface area contributed by atoms with Gasteiger partial charge in [0.15, 0.2) is 10.9 Å². The van der Waals surface area contributed by atoms with E-state index >= 15 is 0 Å². The number of hydrogen-bond acceptors (Lipinski definition) is 6. The summed E-state index contributed by atoms with van der Waals surface area (Å²) in [5.74, 6) is -1.34. The van der Waals surface area contributed by atoms with Crippen molar-refractivity contribution in [2.24, 2.45) is 11.8 Å². The maximum absolute atomic E-state index is 13.4. The average molecular weight is 475 g/mol. The van der Waals surface area contributed by atoms with Crippen LogP contribution in [-0.4, -0.2) is 23.8 Å².